The second-order valence-corrected chi connectivity index (χ2v) is 5.68. The Balaban J connectivity index is 0.00000116. The lowest BCUT2D eigenvalue weighted by atomic mass is 9.82. The van der Waals surface area contributed by atoms with Gasteiger partial charge in [-0.25, -0.2) is 17.6 Å². The molecule has 1 aromatic rings. The van der Waals surface area contributed by atoms with E-state index in [9.17, 15) is 17.6 Å². The minimum absolute atomic E-state index is 0.0750. The molecule has 0 bridgehead atoms. The Bertz CT molecular complexity index is 526. The zero-order valence-corrected chi connectivity index (χ0v) is 13.6. The van der Waals surface area contributed by atoms with Crippen molar-refractivity contribution in [1.82, 2.24) is 0 Å². The molecule has 0 nitrogen and oxygen atoms in total. The highest BCUT2D eigenvalue weighted by Crippen LogP contribution is 2.38. The molecule has 0 aliphatic heterocycles. The van der Waals surface area contributed by atoms with Crippen LogP contribution in [0.25, 0.3) is 5.83 Å². The first-order valence-electron chi connectivity index (χ1n) is 7.92. The van der Waals surface area contributed by atoms with Crippen molar-refractivity contribution in [2.24, 2.45) is 11.8 Å². The quantitative estimate of drug-likeness (QED) is 0.530. The van der Waals surface area contributed by atoms with E-state index in [2.05, 4.69) is 6.92 Å². The van der Waals surface area contributed by atoms with Gasteiger partial charge in [-0.05, 0) is 37.3 Å². The van der Waals surface area contributed by atoms with Gasteiger partial charge in [0, 0.05) is 5.92 Å². The summed E-state index contributed by atoms with van der Waals surface area (Å²) < 4.78 is 55.3. The fourth-order valence-corrected chi connectivity index (χ4v) is 2.64. The van der Waals surface area contributed by atoms with Crippen molar-refractivity contribution in [3.8, 4) is 0 Å². The molecule has 1 aliphatic rings. The first kappa shape index (κ1) is 18.7. The maximum Gasteiger partial charge on any atom is 0.169 e. The predicted octanol–water partition coefficient (Wildman–Crippen LogP) is 6.73. The van der Waals surface area contributed by atoms with Crippen LogP contribution < -0.4 is 0 Å². The lowest BCUT2D eigenvalue weighted by Crippen LogP contribution is -2.13. The SMILES string of the molecule is CC.Cc1ccc(/C(F)=C(\F)C2CCC(C)CC2)c(F)c1F. The van der Waals surface area contributed by atoms with Gasteiger partial charge in [-0.2, -0.15) is 0 Å². The zero-order chi connectivity index (χ0) is 16.9. The van der Waals surface area contributed by atoms with E-state index in [-0.39, 0.29) is 5.56 Å². The van der Waals surface area contributed by atoms with Crippen LogP contribution in [-0.2, 0) is 0 Å². The van der Waals surface area contributed by atoms with Gasteiger partial charge in [0.25, 0.3) is 0 Å². The standard InChI is InChI=1S/C16H18F4.C2H6/c1-9-3-6-11(7-4-9)14(18)16(20)12-8-5-10(2)13(17)15(12)19;1-2/h5,8-9,11H,3-4,6-7H2,1-2H3;1-2H3/b16-14+;. The average molecular weight is 316 g/mol. The Hall–Kier alpha value is -1.32. The van der Waals surface area contributed by atoms with Crippen LogP contribution in [0.15, 0.2) is 18.0 Å². The minimum Gasteiger partial charge on any atom is -0.208 e. The molecule has 0 saturated heterocycles. The summed E-state index contributed by atoms with van der Waals surface area (Å²) in [7, 11) is 0. The molecule has 1 aliphatic carbocycles. The molecule has 0 N–H and O–H groups in total. The molecule has 1 saturated carbocycles. The molecule has 0 unspecified atom stereocenters. The summed E-state index contributed by atoms with van der Waals surface area (Å²) in [5, 5.41) is 0. The van der Waals surface area contributed by atoms with Crippen LogP contribution in [0, 0.1) is 30.4 Å². The van der Waals surface area contributed by atoms with Crippen molar-refractivity contribution in [3.05, 3.63) is 40.7 Å². The van der Waals surface area contributed by atoms with Crippen LogP contribution in [0.4, 0.5) is 17.6 Å². The van der Waals surface area contributed by atoms with Crippen LogP contribution in [0.2, 0.25) is 0 Å². The first-order chi connectivity index (χ1) is 10.4. The highest BCUT2D eigenvalue weighted by atomic mass is 19.2. The van der Waals surface area contributed by atoms with Crippen molar-refractivity contribution in [2.75, 3.05) is 0 Å². The van der Waals surface area contributed by atoms with Gasteiger partial charge in [0.05, 0.1) is 5.56 Å². The Morgan fingerprint density at radius 2 is 1.50 bits per heavy atom. The number of rotatable bonds is 2. The largest absolute Gasteiger partial charge is 0.208 e. The molecular weight excluding hydrogens is 292 g/mol. The summed E-state index contributed by atoms with van der Waals surface area (Å²) in [5.74, 6) is -4.66. The maximum absolute atomic E-state index is 14.1. The number of hydrogen-bond acceptors (Lipinski definition) is 0. The summed E-state index contributed by atoms with van der Waals surface area (Å²) in [6.07, 6.45) is 2.76. The van der Waals surface area contributed by atoms with E-state index in [1.54, 1.807) is 0 Å². The van der Waals surface area contributed by atoms with Gasteiger partial charge in [-0.1, -0.05) is 39.7 Å². The normalized spacial score (nSPS) is 22.5. The van der Waals surface area contributed by atoms with E-state index < -0.39 is 34.8 Å². The molecule has 0 spiro atoms. The number of allylic oxidation sites excluding steroid dienone is 1. The monoisotopic (exact) mass is 316 g/mol. The van der Waals surface area contributed by atoms with Gasteiger partial charge in [0.1, 0.15) is 5.83 Å². The molecule has 0 radical (unpaired) electrons. The fraction of sp³-hybridized carbons (Fsp3) is 0.556. The molecule has 4 heteroatoms. The van der Waals surface area contributed by atoms with Crippen LogP contribution in [-0.4, -0.2) is 0 Å². The van der Waals surface area contributed by atoms with E-state index in [1.165, 1.54) is 13.0 Å². The minimum atomic E-state index is -1.32. The molecule has 0 aromatic heterocycles. The van der Waals surface area contributed by atoms with Crippen molar-refractivity contribution < 1.29 is 17.6 Å². The van der Waals surface area contributed by atoms with Crippen molar-refractivity contribution in [2.45, 2.75) is 53.4 Å². The molecule has 1 aromatic carbocycles. The smallest absolute Gasteiger partial charge is 0.169 e. The van der Waals surface area contributed by atoms with Gasteiger partial charge in [-0.15, -0.1) is 0 Å². The molecule has 22 heavy (non-hydrogen) atoms. The van der Waals surface area contributed by atoms with Crippen LogP contribution in [0.3, 0.4) is 0 Å². The van der Waals surface area contributed by atoms with Crippen molar-refractivity contribution in [3.63, 3.8) is 0 Å². The number of hydrogen-bond donors (Lipinski definition) is 0. The zero-order valence-electron chi connectivity index (χ0n) is 13.6. The highest BCUT2D eigenvalue weighted by molar-refractivity contribution is 5.62. The lowest BCUT2D eigenvalue weighted by molar-refractivity contribution is 0.286. The van der Waals surface area contributed by atoms with Gasteiger partial charge >= 0.3 is 0 Å². The number of halogens is 4. The highest BCUT2D eigenvalue weighted by Gasteiger charge is 2.26. The molecule has 0 atom stereocenters. The third-order valence-corrected chi connectivity index (χ3v) is 4.10. The second kappa shape index (κ2) is 8.35. The maximum atomic E-state index is 14.1. The summed E-state index contributed by atoms with van der Waals surface area (Å²) >= 11 is 0. The summed E-state index contributed by atoms with van der Waals surface area (Å²) in [6, 6.07) is 2.34. The summed E-state index contributed by atoms with van der Waals surface area (Å²) in [6.45, 7) is 7.45. The van der Waals surface area contributed by atoms with Gasteiger partial charge in [-0.3, -0.25) is 0 Å². The molecule has 124 valence electrons. The third kappa shape index (κ3) is 4.11. The molecule has 2 rings (SSSR count). The van der Waals surface area contributed by atoms with Crippen LogP contribution in [0.5, 0.6) is 0 Å². The van der Waals surface area contributed by atoms with Crippen molar-refractivity contribution >= 4 is 5.83 Å². The second-order valence-electron chi connectivity index (χ2n) is 5.68. The van der Waals surface area contributed by atoms with Gasteiger partial charge < -0.3 is 0 Å². The Labute approximate surface area is 130 Å². The Morgan fingerprint density at radius 1 is 0.955 bits per heavy atom. The van der Waals surface area contributed by atoms with Gasteiger partial charge in [0.15, 0.2) is 17.5 Å². The van der Waals surface area contributed by atoms with E-state index in [1.807, 2.05) is 13.8 Å². The average Bonchev–Trinajstić information content (AvgIpc) is 2.54. The Kier molecular flexibility index (Phi) is 7.11. The summed E-state index contributed by atoms with van der Waals surface area (Å²) in [5.41, 5.74) is -0.546. The Morgan fingerprint density at radius 3 is 2.05 bits per heavy atom. The van der Waals surface area contributed by atoms with E-state index in [0.717, 1.165) is 18.9 Å². The molecule has 0 heterocycles. The van der Waals surface area contributed by atoms with Crippen molar-refractivity contribution in [1.29, 1.82) is 0 Å². The third-order valence-electron chi connectivity index (χ3n) is 4.10. The fourth-order valence-electron chi connectivity index (χ4n) is 2.64. The predicted molar refractivity (Wildman–Crippen MR) is 82.7 cm³/mol. The van der Waals surface area contributed by atoms with E-state index >= 15 is 0 Å². The molecule has 0 amide bonds. The number of aryl methyl sites for hydroxylation is 1. The van der Waals surface area contributed by atoms with E-state index in [0.29, 0.717) is 18.8 Å². The topological polar surface area (TPSA) is 0 Å². The molecule has 1 fully saturated rings. The van der Waals surface area contributed by atoms with Crippen LogP contribution >= 0.6 is 0 Å². The van der Waals surface area contributed by atoms with E-state index in [4.69, 9.17) is 0 Å². The first-order valence-corrected chi connectivity index (χ1v) is 7.92. The summed E-state index contributed by atoms with van der Waals surface area (Å²) in [4.78, 5) is 0. The van der Waals surface area contributed by atoms with Gasteiger partial charge in [0.2, 0.25) is 0 Å². The molecular formula is C18H24F4. The van der Waals surface area contributed by atoms with Crippen LogP contribution in [0.1, 0.15) is 57.6 Å². The number of benzene rings is 1. The lowest BCUT2D eigenvalue weighted by Gasteiger charge is -2.25.